The molecule has 1 aromatic carbocycles. The molecule has 1 heterocycles. The Labute approximate surface area is 105 Å². The van der Waals surface area contributed by atoms with E-state index in [1.165, 1.54) is 4.70 Å². The first kappa shape index (κ1) is 12.5. The molecule has 4 heteroatoms. The summed E-state index contributed by atoms with van der Waals surface area (Å²) in [6.07, 6.45) is 1.99. The number of fused-ring (bicyclic) bond motifs is 1. The van der Waals surface area contributed by atoms with Gasteiger partial charge in [0.05, 0.1) is 21.3 Å². The van der Waals surface area contributed by atoms with Crippen LogP contribution in [0, 0.1) is 0 Å². The summed E-state index contributed by atoms with van der Waals surface area (Å²) in [5.41, 5.74) is 1.02. The zero-order chi connectivity index (χ0) is 12.1. The van der Waals surface area contributed by atoms with Crippen molar-refractivity contribution >= 4 is 21.6 Å². The van der Waals surface area contributed by atoms with Crippen molar-refractivity contribution < 1.29 is 9.84 Å². The van der Waals surface area contributed by atoms with Gasteiger partial charge in [0.15, 0.2) is 0 Å². The number of aromatic nitrogens is 1. The van der Waals surface area contributed by atoms with Crippen molar-refractivity contribution in [3.63, 3.8) is 0 Å². The molecule has 0 amide bonds. The van der Waals surface area contributed by atoms with Gasteiger partial charge in [-0.3, -0.25) is 0 Å². The molecule has 3 nitrogen and oxygen atoms in total. The number of hydrogen-bond donors (Lipinski definition) is 1. The van der Waals surface area contributed by atoms with Crippen LogP contribution < -0.4 is 0 Å². The number of methoxy groups -OCH3 is 1. The zero-order valence-electron chi connectivity index (χ0n) is 9.93. The summed E-state index contributed by atoms with van der Waals surface area (Å²) < 4.78 is 6.15. The number of para-hydroxylation sites is 1. The van der Waals surface area contributed by atoms with Gasteiger partial charge in [-0.2, -0.15) is 0 Å². The van der Waals surface area contributed by atoms with Crippen molar-refractivity contribution in [1.29, 1.82) is 0 Å². The van der Waals surface area contributed by atoms with Gasteiger partial charge >= 0.3 is 0 Å². The van der Waals surface area contributed by atoms with Crippen LogP contribution >= 0.6 is 11.3 Å². The Kier molecular flexibility index (Phi) is 4.48. The number of nitrogens with zero attached hydrogens (tertiary/aromatic N) is 1. The molecule has 2 aromatic rings. The van der Waals surface area contributed by atoms with Gasteiger partial charge in [-0.25, -0.2) is 4.98 Å². The fourth-order valence-corrected chi connectivity index (χ4v) is 2.81. The van der Waals surface area contributed by atoms with E-state index in [4.69, 9.17) is 4.74 Å². The van der Waals surface area contributed by atoms with Gasteiger partial charge in [-0.15, -0.1) is 11.3 Å². The fraction of sp³-hybridized carbons (Fsp3) is 0.462. The van der Waals surface area contributed by atoms with E-state index in [2.05, 4.69) is 11.1 Å². The van der Waals surface area contributed by atoms with Crippen molar-refractivity contribution in [2.24, 2.45) is 0 Å². The molecule has 0 saturated heterocycles. The van der Waals surface area contributed by atoms with Gasteiger partial charge in [0.2, 0.25) is 0 Å². The second-order valence-electron chi connectivity index (χ2n) is 4.07. The maximum Gasteiger partial charge on any atom is 0.0964 e. The first-order valence-corrected chi connectivity index (χ1v) is 6.62. The largest absolute Gasteiger partial charge is 0.393 e. The highest BCUT2D eigenvalue weighted by Gasteiger charge is 2.09. The Morgan fingerprint density at radius 1 is 1.41 bits per heavy atom. The molecule has 1 unspecified atom stereocenters. The molecule has 0 aliphatic heterocycles. The molecule has 0 bridgehead atoms. The quantitative estimate of drug-likeness (QED) is 0.802. The minimum atomic E-state index is -0.314. The molecule has 0 spiro atoms. The molecule has 0 aliphatic rings. The average Bonchev–Trinajstić information content (AvgIpc) is 2.71. The second-order valence-corrected chi connectivity index (χ2v) is 5.18. The van der Waals surface area contributed by atoms with E-state index in [1.807, 2.05) is 18.2 Å². The maximum absolute atomic E-state index is 9.87. The third-order valence-corrected chi connectivity index (χ3v) is 3.69. The van der Waals surface area contributed by atoms with E-state index >= 15 is 0 Å². The van der Waals surface area contributed by atoms with Crippen molar-refractivity contribution in [2.45, 2.75) is 25.4 Å². The van der Waals surface area contributed by atoms with Gasteiger partial charge in [0.25, 0.3) is 0 Å². The van der Waals surface area contributed by atoms with Crippen molar-refractivity contribution in [1.82, 2.24) is 4.98 Å². The lowest BCUT2D eigenvalue weighted by Crippen LogP contribution is -2.11. The summed E-state index contributed by atoms with van der Waals surface area (Å²) in [4.78, 5) is 4.51. The number of aliphatic hydroxyl groups is 1. The van der Waals surface area contributed by atoms with Gasteiger partial charge in [0, 0.05) is 20.1 Å². The molecule has 1 atom stereocenters. The Bertz CT molecular complexity index is 436. The lowest BCUT2D eigenvalue weighted by Gasteiger charge is -2.07. The zero-order valence-corrected chi connectivity index (χ0v) is 10.7. The Morgan fingerprint density at radius 2 is 2.24 bits per heavy atom. The van der Waals surface area contributed by atoms with Crippen molar-refractivity contribution in [3.05, 3.63) is 29.3 Å². The number of ether oxygens (including phenoxy) is 1. The summed E-state index contributed by atoms with van der Waals surface area (Å²) in [5.74, 6) is 0. The monoisotopic (exact) mass is 251 g/mol. The van der Waals surface area contributed by atoms with Crippen LogP contribution in [0.5, 0.6) is 0 Å². The fourth-order valence-electron chi connectivity index (χ4n) is 1.77. The molecule has 1 N–H and O–H groups in total. The maximum atomic E-state index is 9.87. The topological polar surface area (TPSA) is 42.4 Å². The average molecular weight is 251 g/mol. The van der Waals surface area contributed by atoms with Gasteiger partial charge in [0.1, 0.15) is 0 Å². The van der Waals surface area contributed by atoms with Crippen LogP contribution in [0.4, 0.5) is 0 Å². The van der Waals surface area contributed by atoms with Crippen LogP contribution in [0.2, 0.25) is 0 Å². The Balaban J connectivity index is 1.93. The van der Waals surface area contributed by atoms with E-state index < -0.39 is 0 Å². The number of benzene rings is 1. The van der Waals surface area contributed by atoms with E-state index in [9.17, 15) is 5.11 Å². The third kappa shape index (κ3) is 3.49. The highest BCUT2D eigenvalue weighted by Crippen LogP contribution is 2.22. The van der Waals surface area contributed by atoms with Gasteiger partial charge in [-0.1, -0.05) is 12.1 Å². The van der Waals surface area contributed by atoms with E-state index in [1.54, 1.807) is 18.4 Å². The molecule has 1 aromatic heterocycles. The number of rotatable bonds is 6. The lowest BCUT2D eigenvalue weighted by molar-refractivity contribution is 0.135. The second kappa shape index (κ2) is 6.10. The Morgan fingerprint density at radius 3 is 3.00 bits per heavy atom. The molecular weight excluding hydrogens is 234 g/mol. The van der Waals surface area contributed by atoms with Crippen LogP contribution in [0.15, 0.2) is 24.3 Å². The summed E-state index contributed by atoms with van der Waals surface area (Å²) in [7, 11) is 1.68. The first-order valence-electron chi connectivity index (χ1n) is 5.81. The predicted molar refractivity (Wildman–Crippen MR) is 70.4 cm³/mol. The van der Waals surface area contributed by atoms with Crippen LogP contribution in [0.25, 0.3) is 10.2 Å². The SMILES string of the molecule is COCCCC(O)Cc1nc2ccccc2s1. The summed E-state index contributed by atoms with van der Waals surface area (Å²) in [5, 5.41) is 10.9. The molecule has 0 saturated carbocycles. The van der Waals surface area contributed by atoms with E-state index in [0.717, 1.165) is 23.4 Å². The summed E-state index contributed by atoms with van der Waals surface area (Å²) in [6.45, 7) is 0.705. The predicted octanol–water partition coefficient (Wildman–Crippen LogP) is 2.63. The molecular formula is C13H17NO2S. The highest BCUT2D eigenvalue weighted by atomic mass is 32.1. The minimum absolute atomic E-state index is 0.314. The van der Waals surface area contributed by atoms with Gasteiger partial charge < -0.3 is 9.84 Å². The number of aliphatic hydroxyl groups excluding tert-OH is 1. The van der Waals surface area contributed by atoms with Crippen LogP contribution in [-0.4, -0.2) is 29.9 Å². The van der Waals surface area contributed by atoms with E-state index in [-0.39, 0.29) is 6.10 Å². The van der Waals surface area contributed by atoms with Crippen molar-refractivity contribution in [3.8, 4) is 0 Å². The molecule has 0 radical (unpaired) electrons. The smallest absolute Gasteiger partial charge is 0.0964 e. The van der Waals surface area contributed by atoms with Crippen molar-refractivity contribution in [2.75, 3.05) is 13.7 Å². The van der Waals surface area contributed by atoms with Crippen LogP contribution in [0.1, 0.15) is 17.8 Å². The molecule has 17 heavy (non-hydrogen) atoms. The summed E-state index contributed by atoms with van der Waals surface area (Å²) in [6, 6.07) is 8.07. The van der Waals surface area contributed by atoms with E-state index in [0.29, 0.717) is 13.0 Å². The number of hydrogen-bond acceptors (Lipinski definition) is 4. The van der Waals surface area contributed by atoms with Crippen LogP contribution in [0.3, 0.4) is 0 Å². The molecule has 0 aliphatic carbocycles. The minimum Gasteiger partial charge on any atom is -0.393 e. The summed E-state index contributed by atoms with van der Waals surface area (Å²) >= 11 is 1.66. The van der Waals surface area contributed by atoms with Gasteiger partial charge in [-0.05, 0) is 25.0 Å². The molecule has 92 valence electrons. The van der Waals surface area contributed by atoms with Crippen LogP contribution in [-0.2, 0) is 11.2 Å². The standard InChI is InChI=1S/C13H17NO2S/c1-16-8-4-5-10(15)9-13-14-11-6-2-3-7-12(11)17-13/h2-3,6-7,10,15H,4-5,8-9H2,1H3. The molecule has 0 fully saturated rings. The molecule has 2 rings (SSSR count). The normalized spacial score (nSPS) is 13.1. The number of thiazole rings is 1. The highest BCUT2D eigenvalue weighted by molar-refractivity contribution is 7.18. The third-order valence-electron chi connectivity index (χ3n) is 2.63. The first-order chi connectivity index (χ1) is 8.29. The Hall–Kier alpha value is -0.970. The lowest BCUT2D eigenvalue weighted by atomic mass is 10.1.